The van der Waals surface area contributed by atoms with Gasteiger partial charge in [-0.2, -0.15) is 0 Å². The first kappa shape index (κ1) is 14.8. The fourth-order valence-electron chi connectivity index (χ4n) is 2.11. The van der Waals surface area contributed by atoms with Crippen LogP contribution in [0.25, 0.3) is 0 Å². The van der Waals surface area contributed by atoms with E-state index in [0.29, 0.717) is 32.2 Å². The van der Waals surface area contributed by atoms with Crippen molar-refractivity contribution in [1.29, 1.82) is 5.41 Å². The van der Waals surface area contributed by atoms with E-state index in [1.807, 2.05) is 0 Å². The molecule has 1 aliphatic rings. The van der Waals surface area contributed by atoms with E-state index in [0.717, 1.165) is 12.8 Å². The highest BCUT2D eigenvalue weighted by Crippen LogP contribution is 2.17. The van der Waals surface area contributed by atoms with E-state index in [1.165, 1.54) is 12.8 Å². The molecule has 4 N–H and O–H groups in total. The van der Waals surface area contributed by atoms with Crippen LogP contribution >= 0.6 is 0 Å². The monoisotopic (exact) mass is 256 g/mol. The molecule has 6 nitrogen and oxygen atoms in total. The van der Waals surface area contributed by atoms with Gasteiger partial charge in [-0.25, -0.2) is 4.79 Å². The van der Waals surface area contributed by atoms with E-state index >= 15 is 0 Å². The molecule has 0 bridgehead atoms. The average molecular weight is 256 g/mol. The van der Waals surface area contributed by atoms with Crippen LogP contribution in [0.1, 0.15) is 32.1 Å². The van der Waals surface area contributed by atoms with E-state index in [2.05, 4.69) is 5.32 Å². The van der Waals surface area contributed by atoms with Crippen LogP contribution in [0.4, 0.5) is 4.79 Å². The molecule has 0 unspecified atom stereocenters. The summed E-state index contributed by atoms with van der Waals surface area (Å²) >= 11 is 0. The quantitative estimate of drug-likeness (QED) is 0.467. The summed E-state index contributed by atoms with van der Waals surface area (Å²) in [6.45, 7) is 1.50. The molecule has 0 atom stereocenters. The number of carbonyl (C=O) groups is 1. The van der Waals surface area contributed by atoms with Crippen molar-refractivity contribution in [3.63, 3.8) is 0 Å². The van der Waals surface area contributed by atoms with E-state index in [9.17, 15) is 4.79 Å². The van der Waals surface area contributed by atoms with Gasteiger partial charge in [0.05, 0.1) is 12.4 Å². The van der Waals surface area contributed by atoms with Gasteiger partial charge in [0.2, 0.25) is 0 Å². The molecule has 0 saturated heterocycles. The molecule has 1 rings (SSSR count). The van der Waals surface area contributed by atoms with E-state index < -0.39 is 0 Å². The molecule has 104 valence electrons. The lowest BCUT2D eigenvalue weighted by Gasteiger charge is -2.24. The van der Waals surface area contributed by atoms with Crippen molar-refractivity contribution >= 4 is 11.9 Å². The first-order chi connectivity index (χ1) is 8.63. The summed E-state index contributed by atoms with van der Waals surface area (Å²) in [5.74, 6) is 0.103. The topological polar surface area (TPSA) is 91.4 Å². The Morgan fingerprint density at radius 3 is 2.67 bits per heavy atom. The van der Waals surface area contributed by atoms with E-state index in [1.54, 1.807) is 12.0 Å². The third-order valence-corrected chi connectivity index (χ3v) is 3.19. The lowest BCUT2D eigenvalue weighted by molar-refractivity contribution is 0.148. The van der Waals surface area contributed by atoms with Gasteiger partial charge in [-0.1, -0.05) is 12.8 Å². The van der Waals surface area contributed by atoms with Gasteiger partial charge >= 0.3 is 6.03 Å². The molecule has 18 heavy (non-hydrogen) atoms. The predicted octanol–water partition coefficient (Wildman–Crippen LogP) is 0.913. The van der Waals surface area contributed by atoms with Crippen LogP contribution in [-0.2, 0) is 4.74 Å². The second-order valence-corrected chi connectivity index (χ2v) is 4.69. The number of hydrogen-bond acceptors (Lipinski definition) is 3. The Morgan fingerprint density at radius 2 is 2.11 bits per heavy atom. The van der Waals surface area contributed by atoms with Crippen molar-refractivity contribution in [2.24, 2.45) is 5.73 Å². The molecular weight excluding hydrogens is 232 g/mol. The summed E-state index contributed by atoms with van der Waals surface area (Å²) in [5.41, 5.74) is 5.33. The molecule has 1 saturated carbocycles. The molecule has 0 aliphatic heterocycles. The summed E-state index contributed by atoms with van der Waals surface area (Å²) in [5, 5.41) is 10.2. The van der Waals surface area contributed by atoms with Crippen molar-refractivity contribution in [2.75, 3.05) is 26.8 Å². The SMILES string of the molecule is COCCN(CCC(=N)N)C(=O)NC1CCCC1. The first-order valence-corrected chi connectivity index (χ1v) is 6.50. The average Bonchev–Trinajstić information content (AvgIpc) is 2.81. The van der Waals surface area contributed by atoms with Gasteiger partial charge in [0.25, 0.3) is 0 Å². The Balaban J connectivity index is 2.40. The second kappa shape index (κ2) is 7.92. The van der Waals surface area contributed by atoms with Gasteiger partial charge in [0, 0.05) is 32.7 Å². The lowest BCUT2D eigenvalue weighted by atomic mass is 10.2. The van der Waals surface area contributed by atoms with Crippen LogP contribution in [0.15, 0.2) is 0 Å². The van der Waals surface area contributed by atoms with Crippen molar-refractivity contribution in [3.05, 3.63) is 0 Å². The van der Waals surface area contributed by atoms with Crippen LogP contribution < -0.4 is 11.1 Å². The summed E-state index contributed by atoms with van der Waals surface area (Å²) in [7, 11) is 1.61. The number of amidine groups is 1. The van der Waals surface area contributed by atoms with Crippen molar-refractivity contribution in [1.82, 2.24) is 10.2 Å². The number of rotatable bonds is 7. The van der Waals surface area contributed by atoms with Gasteiger partial charge in [-0.3, -0.25) is 5.41 Å². The van der Waals surface area contributed by atoms with Gasteiger partial charge in [-0.15, -0.1) is 0 Å². The molecular formula is C12H24N4O2. The van der Waals surface area contributed by atoms with E-state index in [-0.39, 0.29) is 11.9 Å². The van der Waals surface area contributed by atoms with Crippen LogP contribution in [0.2, 0.25) is 0 Å². The van der Waals surface area contributed by atoms with Crippen molar-refractivity contribution < 1.29 is 9.53 Å². The number of ether oxygens (including phenoxy) is 1. The highest BCUT2D eigenvalue weighted by molar-refractivity contribution is 5.79. The zero-order valence-corrected chi connectivity index (χ0v) is 11.1. The molecule has 1 aliphatic carbocycles. The number of hydrogen-bond donors (Lipinski definition) is 3. The maximum absolute atomic E-state index is 12.1. The number of methoxy groups -OCH3 is 1. The van der Waals surface area contributed by atoms with Gasteiger partial charge in [-0.05, 0) is 12.8 Å². The highest BCUT2D eigenvalue weighted by atomic mass is 16.5. The minimum absolute atomic E-state index is 0.0693. The number of nitrogens with one attached hydrogen (secondary N) is 2. The number of nitrogens with two attached hydrogens (primary N) is 1. The fourth-order valence-corrected chi connectivity index (χ4v) is 2.11. The van der Waals surface area contributed by atoms with Crippen LogP contribution in [0.5, 0.6) is 0 Å². The highest BCUT2D eigenvalue weighted by Gasteiger charge is 2.20. The molecule has 0 spiro atoms. The standard InChI is InChI=1S/C12H24N4O2/c1-18-9-8-16(7-6-11(13)14)12(17)15-10-4-2-3-5-10/h10H,2-9H2,1H3,(H3,13,14)(H,15,17). The number of amides is 2. The predicted molar refractivity (Wildman–Crippen MR) is 70.8 cm³/mol. The Labute approximate surface area is 108 Å². The number of urea groups is 1. The largest absolute Gasteiger partial charge is 0.388 e. The third-order valence-electron chi connectivity index (χ3n) is 3.19. The Morgan fingerprint density at radius 1 is 1.44 bits per heavy atom. The number of nitrogens with zero attached hydrogens (tertiary/aromatic N) is 1. The second-order valence-electron chi connectivity index (χ2n) is 4.69. The Bertz CT molecular complexity index is 277. The number of carbonyl (C=O) groups excluding carboxylic acids is 1. The smallest absolute Gasteiger partial charge is 0.317 e. The zero-order valence-electron chi connectivity index (χ0n) is 11.1. The van der Waals surface area contributed by atoms with Crippen molar-refractivity contribution in [3.8, 4) is 0 Å². The zero-order chi connectivity index (χ0) is 13.4. The Kier molecular flexibility index (Phi) is 6.49. The normalized spacial score (nSPS) is 15.6. The fraction of sp³-hybridized carbons (Fsp3) is 0.833. The van der Waals surface area contributed by atoms with Gasteiger partial charge in [0.15, 0.2) is 0 Å². The molecule has 6 heteroatoms. The summed E-state index contributed by atoms with van der Waals surface area (Å²) in [4.78, 5) is 13.7. The maximum atomic E-state index is 12.1. The van der Waals surface area contributed by atoms with Crippen LogP contribution in [0.3, 0.4) is 0 Å². The minimum atomic E-state index is -0.0693. The van der Waals surface area contributed by atoms with E-state index in [4.69, 9.17) is 15.9 Å². The van der Waals surface area contributed by atoms with Gasteiger partial charge < -0.3 is 20.7 Å². The summed E-state index contributed by atoms with van der Waals surface area (Å²) < 4.78 is 4.99. The summed E-state index contributed by atoms with van der Waals surface area (Å²) in [6, 6.07) is 0.236. The maximum Gasteiger partial charge on any atom is 0.317 e. The first-order valence-electron chi connectivity index (χ1n) is 6.50. The van der Waals surface area contributed by atoms with Crippen LogP contribution in [0, 0.1) is 5.41 Å². The van der Waals surface area contributed by atoms with Gasteiger partial charge in [0.1, 0.15) is 0 Å². The Hall–Kier alpha value is -1.30. The lowest BCUT2D eigenvalue weighted by Crippen LogP contribution is -2.46. The van der Waals surface area contributed by atoms with Crippen LogP contribution in [-0.4, -0.2) is 49.6 Å². The molecule has 0 radical (unpaired) electrons. The molecule has 0 aromatic heterocycles. The molecule has 2 amide bonds. The molecule has 0 heterocycles. The molecule has 0 aromatic carbocycles. The molecule has 0 aromatic rings. The third kappa shape index (κ3) is 5.35. The molecule has 1 fully saturated rings. The van der Waals surface area contributed by atoms with Crippen molar-refractivity contribution in [2.45, 2.75) is 38.1 Å². The summed E-state index contributed by atoms with van der Waals surface area (Å²) in [6.07, 6.45) is 4.92. The minimum Gasteiger partial charge on any atom is -0.388 e.